The van der Waals surface area contributed by atoms with Crippen molar-refractivity contribution in [1.82, 2.24) is 15.6 Å². The molecule has 1 saturated heterocycles. The van der Waals surface area contributed by atoms with Gasteiger partial charge in [0.25, 0.3) is 0 Å². The molecule has 1 aliphatic heterocycles. The minimum absolute atomic E-state index is 0. The van der Waals surface area contributed by atoms with Gasteiger partial charge in [-0.05, 0) is 30.5 Å². The number of rotatable bonds is 7. The second kappa shape index (κ2) is 11.3. The van der Waals surface area contributed by atoms with E-state index in [4.69, 9.17) is 4.74 Å². The van der Waals surface area contributed by atoms with E-state index in [-0.39, 0.29) is 41.5 Å². The molecule has 0 aliphatic carbocycles. The Kier molecular flexibility index (Phi) is 9.15. The van der Waals surface area contributed by atoms with Crippen LogP contribution in [0.1, 0.15) is 24.5 Å². The van der Waals surface area contributed by atoms with E-state index in [2.05, 4.69) is 20.6 Å². The highest BCUT2D eigenvalue weighted by Crippen LogP contribution is 2.13. The number of benzene rings is 1. The summed E-state index contributed by atoms with van der Waals surface area (Å²) in [6.45, 7) is 3.58. The molecule has 9 heteroatoms. The van der Waals surface area contributed by atoms with Crippen LogP contribution in [-0.2, 0) is 23.0 Å². The lowest BCUT2D eigenvalue weighted by molar-refractivity contribution is 0.293. The zero-order chi connectivity index (χ0) is 19.8. The highest BCUT2D eigenvalue weighted by Gasteiger charge is 2.28. The summed E-state index contributed by atoms with van der Waals surface area (Å²) in [7, 11) is -2.93. The lowest BCUT2D eigenvalue weighted by Gasteiger charge is -2.15. The molecule has 1 aromatic carbocycles. The van der Waals surface area contributed by atoms with Crippen molar-refractivity contribution in [2.75, 3.05) is 18.1 Å². The molecule has 0 amide bonds. The fourth-order valence-corrected chi connectivity index (χ4v) is 4.63. The van der Waals surface area contributed by atoms with Crippen molar-refractivity contribution >= 4 is 39.8 Å². The van der Waals surface area contributed by atoms with Crippen LogP contribution >= 0.6 is 24.0 Å². The fraction of sp³-hybridized carbons (Fsp3) is 0.400. The van der Waals surface area contributed by atoms with Crippen molar-refractivity contribution in [1.29, 1.82) is 0 Å². The molecule has 1 aliphatic rings. The van der Waals surface area contributed by atoms with Crippen molar-refractivity contribution in [3.63, 3.8) is 0 Å². The molecule has 7 nitrogen and oxygen atoms in total. The lowest BCUT2D eigenvalue weighted by atomic mass is 10.2. The molecule has 2 N–H and O–H groups in total. The van der Waals surface area contributed by atoms with E-state index in [9.17, 15) is 8.42 Å². The number of nitrogens with one attached hydrogen (secondary N) is 2. The number of halogens is 1. The van der Waals surface area contributed by atoms with Crippen LogP contribution < -0.4 is 15.4 Å². The Balaban J connectivity index is 0.00000300. The molecule has 1 unspecified atom stereocenters. The summed E-state index contributed by atoms with van der Waals surface area (Å²) in [6.07, 6.45) is 2.31. The highest BCUT2D eigenvalue weighted by molar-refractivity contribution is 14.0. The van der Waals surface area contributed by atoms with Gasteiger partial charge in [0.15, 0.2) is 15.8 Å². The predicted octanol–water partition coefficient (Wildman–Crippen LogP) is 2.52. The normalized spacial score (nSPS) is 18.0. The number of hydrogen-bond donors (Lipinski definition) is 2. The summed E-state index contributed by atoms with van der Waals surface area (Å²) in [5.41, 5.74) is 2.05. The minimum atomic E-state index is -2.93. The topological polar surface area (TPSA) is 92.7 Å². The van der Waals surface area contributed by atoms with Crippen molar-refractivity contribution in [2.45, 2.75) is 32.5 Å². The SMILES string of the molecule is CCNC(=NCc1ccnc(OCc2ccccc2)c1)NC1CCS(=O)(=O)C1.I. The molecule has 0 saturated carbocycles. The van der Waals surface area contributed by atoms with Crippen LogP contribution in [0.4, 0.5) is 0 Å². The molecule has 1 fully saturated rings. The van der Waals surface area contributed by atoms with E-state index in [0.717, 1.165) is 11.1 Å². The van der Waals surface area contributed by atoms with Gasteiger partial charge in [-0.15, -0.1) is 24.0 Å². The maximum atomic E-state index is 11.6. The standard InChI is InChI=1S/C20H26N4O3S.HI/c1-2-21-20(24-18-9-11-28(25,26)15-18)23-13-17-8-10-22-19(12-17)27-14-16-6-4-3-5-7-16;/h3-8,10,12,18H,2,9,11,13-15H2,1H3,(H2,21,23,24);1H. The summed E-state index contributed by atoms with van der Waals surface area (Å²) in [6, 6.07) is 13.6. The molecule has 3 rings (SSSR count). The molecule has 29 heavy (non-hydrogen) atoms. The number of nitrogens with zero attached hydrogens (tertiary/aromatic N) is 2. The summed E-state index contributed by atoms with van der Waals surface area (Å²) in [5.74, 6) is 1.56. The number of guanidine groups is 1. The van der Waals surface area contributed by atoms with Crippen LogP contribution in [0.2, 0.25) is 0 Å². The Morgan fingerprint density at radius 3 is 2.72 bits per heavy atom. The Bertz CT molecular complexity index is 907. The molecule has 158 valence electrons. The Labute approximate surface area is 189 Å². The largest absolute Gasteiger partial charge is 0.473 e. The first kappa shape index (κ1) is 23.4. The van der Waals surface area contributed by atoms with Crippen LogP contribution in [0.25, 0.3) is 0 Å². The van der Waals surface area contributed by atoms with Gasteiger partial charge in [-0.25, -0.2) is 18.4 Å². The molecular weight excluding hydrogens is 503 g/mol. The van der Waals surface area contributed by atoms with Gasteiger partial charge < -0.3 is 15.4 Å². The molecule has 0 bridgehead atoms. The third kappa shape index (κ3) is 7.81. The minimum Gasteiger partial charge on any atom is -0.473 e. The van der Waals surface area contributed by atoms with E-state index in [1.165, 1.54) is 0 Å². The van der Waals surface area contributed by atoms with Crippen molar-refractivity contribution in [2.24, 2.45) is 4.99 Å². The molecule has 0 radical (unpaired) electrons. The van der Waals surface area contributed by atoms with Crippen LogP contribution in [0.3, 0.4) is 0 Å². The maximum absolute atomic E-state index is 11.6. The predicted molar refractivity (Wildman–Crippen MR) is 125 cm³/mol. The Hall–Kier alpha value is -1.88. The second-order valence-electron chi connectivity index (χ2n) is 6.72. The number of pyridine rings is 1. The number of sulfone groups is 1. The van der Waals surface area contributed by atoms with E-state index in [1.807, 2.05) is 49.4 Å². The summed E-state index contributed by atoms with van der Waals surface area (Å²) in [5, 5.41) is 6.38. The highest BCUT2D eigenvalue weighted by atomic mass is 127. The van der Waals surface area contributed by atoms with Crippen LogP contribution in [0.5, 0.6) is 5.88 Å². The summed E-state index contributed by atoms with van der Waals surface area (Å²) < 4.78 is 29.0. The van der Waals surface area contributed by atoms with E-state index in [1.54, 1.807) is 6.20 Å². The monoisotopic (exact) mass is 530 g/mol. The van der Waals surface area contributed by atoms with Crippen LogP contribution in [0.15, 0.2) is 53.7 Å². The first-order valence-corrected chi connectivity index (χ1v) is 11.2. The van der Waals surface area contributed by atoms with Gasteiger partial charge in [0.2, 0.25) is 5.88 Å². The van der Waals surface area contributed by atoms with E-state index in [0.29, 0.717) is 38.0 Å². The van der Waals surface area contributed by atoms with Crippen molar-refractivity contribution in [3.8, 4) is 5.88 Å². The van der Waals surface area contributed by atoms with Gasteiger partial charge >= 0.3 is 0 Å². The Morgan fingerprint density at radius 2 is 2.03 bits per heavy atom. The quantitative estimate of drug-likeness (QED) is 0.325. The van der Waals surface area contributed by atoms with Gasteiger partial charge in [0, 0.05) is 24.8 Å². The smallest absolute Gasteiger partial charge is 0.213 e. The lowest BCUT2D eigenvalue weighted by Crippen LogP contribution is -2.44. The fourth-order valence-electron chi connectivity index (χ4n) is 2.95. The summed E-state index contributed by atoms with van der Waals surface area (Å²) in [4.78, 5) is 8.82. The molecule has 2 aromatic rings. The van der Waals surface area contributed by atoms with Gasteiger partial charge in [0.1, 0.15) is 6.61 Å². The number of ether oxygens (including phenoxy) is 1. The molecule has 1 atom stereocenters. The van der Waals surface area contributed by atoms with Crippen molar-refractivity contribution < 1.29 is 13.2 Å². The molecular formula is C20H27IN4O3S. The van der Waals surface area contributed by atoms with Gasteiger partial charge in [0.05, 0.1) is 18.1 Å². The van der Waals surface area contributed by atoms with Gasteiger partial charge in [-0.2, -0.15) is 0 Å². The summed E-state index contributed by atoms with van der Waals surface area (Å²) >= 11 is 0. The molecule has 0 spiro atoms. The first-order chi connectivity index (χ1) is 13.5. The number of aromatic nitrogens is 1. The Morgan fingerprint density at radius 1 is 1.24 bits per heavy atom. The second-order valence-corrected chi connectivity index (χ2v) is 8.94. The number of aliphatic imine (C=N–C) groups is 1. The van der Waals surface area contributed by atoms with Gasteiger partial charge in [-0.1, -0.05) is 30.3 Å². The maximum Gasteiger partial charge on any atom is 0.213 e. The average molecular weight is 530 g/mol. The third-order valence-corrected chi connectivity index (χ3v) is 6.13. The van der Waals surface area contributed by atoms with Crippen molar-refractivity contribution in [3.05, 3.63) is 59.8 Å². The molecule has 2 heterocycles. The van der Waals surface area contributed by atoms with E-state index < -0.39 is 9.84 Å². The van der Waals surface area contributed by atoms with Crippen LogP contribution in [-0.4, -0.2) is 43.5 Å². The zero-order valence-electron chi connectivity index (χ0n) is 16.4. The molecule has 1 aromatic heterocycles. The van der Waals surface area contributed by atoms with Gasteiger partial charge in [-0.3, -0.25) is 0 Å². The number of hydrogen-bond acceptors (Lipinski definition) is 5. The first-order valence-electron chi connectivity index (χ1n) is 9.41. The van der Waals surface area contributed by atoms with E-state index >= 15 is 0 Å². The average Bonchev–Trinajstić information content (AvgIpc) is 3.04. The van der Waals surface area contributed by atoms with Crippen LogP contribution in [0, 0.1) is 0 Å². The zero-order valence-corrected chi connectivity index (χ0v) is 19.5. The third-order valence-electron chi connectivity index (χ3n) is 4.37.